The van der Waals surface area contributed by atoms with Crippen molar-refractivity contribution in [2.45, 2.75) is 20.0 Å². The van der Waals surface area contributed by atoms with E-state index in [4.69, 9.17) is 14.2 Å². The van der Waals surface area contributed by atoms with E-state index >= 15 is 0 Å². The predicted octanol–water partition coefficient (Wildman–Crippen LogP) is 3.84. The second-order valence-corrected chi connectivity index (χ2v) is 5.75. The lowest BCUT2D eigenvalue weighted by atomic mass is 10.1. The number of ether oxygens (including phenoxy) is 3. The Morgan fingerprint density at radius 3 is 2.31 bits per heavy atom. The van der Waals surface area contributed by atoms with E-state index in [-0.39, 0.29) is 5.78 Å². The molecule has 0 fully saturated rings. The minimum Gasteiger partial charge on any atom is -0.497 e. The Morgan fingerprint density at radius 2 is 1.69 bits per heavy atom. The smallest absolute Gasteiger partial charge is 0.331 e. The van der Waals surface area contributed by atoms with Crippen LogP contribution in [0.25, 0.3) is 6.08 Å². The van der Waals surface area contributed by atoms with Gasteiger partial charge in [-0.25, -0.2) is 4.79 Å². The summed E-state index contributed by atoms with van der Waals surface area (Å²) in [5.74, 6) is 0.383. The molecule has 0 bridgehead atoms. The molecule has 0 aliphatic rings. The van der Waals surface area contributed by atoms with Gasteiger partial charge in [0.05, 0.1) is 14.2 Å². The molecule has 136 valence electrons. The second-order valence-electron chi connectivity index (χ2n) is 5.75. The fourth-order valence-corrected chi connectivity index (χ4v) is 2.35. The molecule has 0 heterocycles. The highest BCUT2D eigenvalue weighted by molar-refractivity contribution is 6.01. The van der Waals surface area contributed by atoms with Gasteiger partial charge in [-0.15, -0.1) is 0 Å². The molecule has 2 aromatic rings. The number of carbonyl (C=O) groups excluding carboxylic acids is 2. The summed E-state index contributed by atoms with van der Waals surface area (Å²) in [6.45, 7) is 3.50. The highest BCUT2D eigenvalue weighted by Gasteiger charge is 2.18. The maximum absolute atomic E-state index is 12.3. The van der Waals surface area contributed by atoms with Gasteiger partial charge in [0, 0.05) is 17.2 Å². The number of ketones is 1. The molecule has 0 unspecified atom stereocenters. The molecule has 0 spiro atoms. The van der Waals surface area contributed by atoms with Crippen LogP contribution < -0.4 is 9.47 Å². The quantitative estimate of drug-likeness (QED) is 0.429. The van der Waals surface area contributed by atoms with E-state index < -0.39 is 12.1 Å². The Kier molecular flexibility index (Phi) is 6.55. The fraction of sp³-hybridized carbons (Fsp3) is 0.238. The Hall–Kier alpha value is -3.08. The first-order chi connectivity index (χ1) is 12.4. The number of aryl methyl sites for hydroxylation is 1. The molecule has 1 atom stereocenters. The van der Waals surface area contributed by atoms with Crippen LogP contribution in [-0.4, -0.2) is 32.1 Å². The summed E-state index contributed by atoms with van der Waals surface area (Å²) in [5.41, 5.74) is 2.23. The summed E-state index contributed by atoms with van der Waals surface area (Å²) in [4.78, 5) is 24.3. The van der Waals surface area contributed by atoms with E-state index in [2.05, 4.69) is 0 Å². The molecule has 0 aromatic heterocycles. The SMILES string of the molecule is COc1ccc(OC)c(/C=C/C(=O)O[C@@H](C)C(=O)c2ccc(C)cc2)c1. The summed E-state index contributed by atoms with van der Waals surface area (Å²) < 4.78 is 15.6. The van der Waals surface area contributed by atoms with Crippen LogP contribution in [0.1, 0.15) is 28.4 Å². The van der Waals surface area contributed by atoms with Crippen molar-refractivity contribution in [1.82, 2.24) is 0 Å². The molecule has 5 heteroatoms. The molecule has 0 amide bonds. The van der Waals surface area contributed by atoms with Gasteiger partial charge in [-0.2, -0.15) is 0 Å². The molecule has 5 nitrogen and oxygen atoms in total. The van der Waals surface area contributed by atoms with Gasteiger partial charge in [-0.05, 0) is 38.1 Å². The van der Waals surface area contributed by atoms with Crippen LogP contribution in [0, 0.1) is 6.92 Å². The molecule has 0 saturated carbocycles. The molecular formula is C21H22O5. The average Bonchev–Trinajstić information content (AvgIpc) is 2.66. The zero-order valence-corrected chi connectivity index (χ0v) is 15.3. The van der Waals surface area contributed by atoms with Crippen molar-refractivity contribution in [3.63, 3.8) is 0 Å². The van der Waals surface area contributed by atoms with Gasteiger partial charge in [0.15, 0.2) is 6.10 Å². The number of rotatable bonds is 7. The van der Waals surface area contributed by atoms with Gasteiger partial charge in [-0.3, -0.25) is 4.79 Å². The Morgan fingerprint density at radius 1 is 1.00 bits per heavy atom. The van der Waals surface area contributed by atoms with Crippen molar-refractivity contribution in [3.8, 4) is 11.5 Å². The molecule has 2 aromatic carbocycles. The highest BCUT2D eigenvalue weighted by Crippen LogP contribution is 2.25. The summed E-state index contributed by atoms with van der Waals surface area (Å²) in [5, 5.41) is 0. The molecule has 0 saturated heterocycles. The van der Waals surface area contributed by atoms with E-state index in [0.717, 1.165) is 5.56 Å². The number of hydrogen-bond acceptors (Lipinski definition) is 5. The first-order valence-corrected chi connectivity index (χ1v) is 8.16. The number of carbonyl (C=O) groups is 2. The van der Waals surface area contributed by atoms with Gasteiger partial charge in [-0.1, -0.05) is 29.8 Å². The molecule has 0 radical (unpaired) electrons. The lowest BCUT2D eigenvalue weighted by Crippen LogP contribution is -2.23. The highest BCUT2D eigenvalue weighted by atomic mass is 16.5. The van der Waals surface area contributed by atoms with Crippen LogP contribution in [0.15, 0.2) is 48.5 Å². The monoisotopic (exact) mass is 354 g/mol. The first kappa shape index (κ1) is 19.2. The standard InChI is InChI=1S/C21H22O5/c1-14-5-7-16(8-6-14)21(23)15(2)26-20(22)12-9-17-13-18(24-3)10-11-19(17)25-4/h5-13,15H,1-4H3/b12-9+/t15-/m0/s1. The van der Waals surface area contributed by atoms with Gasteiger partial charge in [0.25, 0.3) is 0 Å². The maximum Gasteiger partial charge on any atom is 0.331 e. The number of methoxy groups -OCH3 is 2. The molecule has 0 N–H and O–H groups in total. The van der Waals surface area contributed by atoms with Crippen LogP contribution in [0.2, 0.25) is 0 Å². The Labute approximate surface area is 153 Å². The summed E-state index contributed by atoms with van der Waals surface area (Å²) in [7, 11) is 3.10. The second kappa shape index (κ2) is 8.85. The third kappa shape index (κ3) is 4.96. The van der Waals surface area contributed by atoms with Crippen molar-refractivity contribution >= 4 is 17.8 Å². The van der Waals surface area contributed by atoms with E-state index in [9.17, 15) is 9.59 Å². The van der Waals surface area contributed by atoms with Gasteiger partial charge >= 0.3 is 5.97 Å². The molecule has 2 rings (SSSR count). The van der Waals surface area contributed by atoms with E-state index in [1.54, 1.807) is 57.6 Å². The Bertz CT molecular complexity index is 806. The number of esters is 1. The molecule has 0 aliphatic heterocycles. The van der Waals surface area contributed by atoms with Crippen LogP contribution in [-0.2, 0) is 9.53 Å². The van der Waals surface area contributed by atoms with Crippen LogP contribution >= 0.6 is 0 Å². The molecule has 26 heavy (non-hydrogen) atoms. The average molecular weight is 354 g/mol. The van der Waals surface area contributed by atoms with Crippen molar-refractivity contribution in [2.75, 3.05) is 14.2 Å². The van der Waals surface area contributed by atoms with Crippen molar-refractivity contribution in [3.05, 3.63) is 65.2 Å². The fourth-order valence-electron chi connectivity index (χ4n) is 2.35. The minimum absolute atomic E-state index is 0.245. The lowest BCUT2D eigenvalue weighted by Gasteiger charge is -2.11. The predicted molar refractivity (Wildman–Crippen MR) is 99.6 cm³/mol. The van der Waals surface area contributed by atoms with Crippen molar-refractivity contribution < 1.29 is 23.8 Å². The molecular weight excluding hydrogens is 332 g/mol. The van der Waals surface area contributed by atoms with Crippen LogP contribution in [0.4, 0.5) is 0 Å². The maximum atomic E-state index is 12.3. The summed E-state index contributed by atoms with van der Waals surface area (Å²) >= 11 is 0. The largest absolute Gasteiger partial charge is 0.497 e. The van der Waals surface area contributed by atoms with E-state index in [1.165, 1.54) is 6.08 Å². The normalized spacial score (nSPS) is 11.8. The van der Waals surface area contributed by atoms with Crippen LogP contribution in [0.3, 0.4) is 0 Å². The van der Waals surface area contributed by atoms with Gasteiger partial charge < -0.3 is 14.2 Å². The first-order valence-electron chi connectivity index (χ1n) is 8.16. The minimum atomic E-state index is -0.873. The molecule has 0 aliphatic carbocycles. The van der Waals surface area contributed by atoms with E-state index in [0.29, 0.717) is 22.6 Å². The number of Topliss-reactive ketones (excluding diaryl/α,β-unsaturated/α-hetero) is 1. The zero-order valence-electron chi connectivity index (χ0n) is 15.3. The lowest BCUT2D eigenvalue weighted by molar-refractivity contribution is -0.140. The van der Waals surface area contributed by atoms with Gasteiger partial charge in [0.2, 0.25) is 5.78 Å². The van der Waals surface area contributed by atoms with Crippen molar-refractivity contribution in [1.29, 1.82) is 0 Å². The number of benzene rings is 2. The van der Waals surface area contributed by atoms with E-state index in [1.807, 2.05) is 19.1 Å². The topological polar surface area (TPSA) is 61.8 Å². The Balaban J connectivity index is 2.04. The van der Waals surface area contributed by atoms with Crippen molar-refractivity contribution in [2.24, 2.45) is 0 Å². The third-order valence-corrected chi connectivity index (χ3v) is 3.83. The summed E-state index contributed by atoms with van der Waals surface area (Å²) in [6, 6.07) is 12.4. The van der Waals surface area contributed by atoms with Crippen LogP contribution in [0.5, 0.6) is 11.5 Å². The zero-order chi connectivity index (χ0) is 19.1. The summed E-state index contributed by atoms with van der Waals surface area (Å²) in [6.07, 6.45) is 1.95. The van der Waals surface area contributed by atoms with Gasteiger partial charge in [0.1, 0.15) is 11.5 Å². The third-order valence-electron chi connectivity index (χ3n) is 3.83. The number of hydrogen-bond donors (Lipinski definition) is 0.